The summed E-state index contributed by atoms with van der Waals surface area (Å²) in [6, 6.07) is 6.09. The van der Waals surface area contributed by atoms with Crippen LogP contribution in [-0.4, -0.2) is 43.7 Å². The van der Waals surface area contributed by atoms with Gasteiger partial charge in [0.05, 0.1) is 0 Å². The number of aryl methyl sites for hydroxylation is 1. The van der Waals surface area contributed by atoms with Gasteiger partial charge in [-0.3, -0.25) is 0 Å². The minimum absolute atomic E-state index is 0.174. The number of piperidine rings is 1. The van der Waals surface area contributed by atoms with Gasteiger partial charge < -0.3 is 9.64 Å². The van der Waals surface area contributed by atoms with Crippen LogP contribution in [0.4, 0.5) is 19.0 Å². The molecule has 3 fully saturated rings. The van der Waals surface area contributed by atoms with E-state index in [-0.39, 0.29) is 42.1 Å². The van der Waals surface area contributed by atoms with Crippen LogP contribution >= 0.6 is 11.6 Å². The average molecular weight is 533 g/mol. The fourth-order valence-electron chi connectivity index (χ4n) is 6.18. The molecular weight excluding hydrogens is 505 g/mol. The highest BCUT2D eigenvalue weighted by molar-refractivity contribution is 6.30. The highest BCUT2D eigenvalue weighted by atomic mass is 35.5. The molecule has 2 bridgehead atoms. The van der Waals surface area contributed by atoms with E-state index in [4.69, 9.17) is 16.3 Å². The summed E-state index contributed by atoms with van der Waals surface area (Å²) in [5.74, 6) is -0.203. The first-order chi connectivity index (χ1) is 17.7. The van der Waals surface area contributed by atoms with Gasteiger partial charge in [-0.15, -0.1) is 0 Å². The predicted molar refractivity (Wildman–Crippen MR) is 132 cm³/mol. The van der Waals surface area contributed by atoms with Crippen LogP contribution in [0.2, 0.25) is 5.02 Å². The number of hydrogen-bond acceptors (Lipinski definition) is 6. The van der Waals surface area contributed by atoms with Crippen molar-refractivity contribution in [2.75, 3.05) is 18.0 Å². The van der Waals surface area contributed by atoms with Gasteiger partial charge in [-0.1, -0.05) is 11.6 Å². The molecule has 7 nitrogen and oxygen atoms in total. The largest absolute Gasteiger partial charge is 0.424 e. The molecule has 2 aliphatic carbocycles. The number of nitrogens with zero attached hydrogens (tertiary/aromatic N) is 6. The molecule has 3 aliphatic rings. The molecule has 3 heterocycles. The molecule has 1 unspecified atom stereocenters. The second kappa shape index (κ2) is 9.45. The molecule has 196 valence electrons. The van der Waals surface area contributed by atoms with E-state index in [0.717, 1.165) is 37.4 Å². The molecule has 6 rings (SSSR count). The van der Waals surface area contributed by atoms with E-state index < -0.39 is 11.7 Å². The van der Waals surface area contributed by atoms with Crippen molar-refractivity contribution in [3.8, 4) is 11.8 Å². The third-order valence-corrected chi connectivity index (χ3v) is 8.11. The summed E-state index contributed by atoms with van der Waals surface area (Å²) < 4.78 is 48.2. The Kier molecular flexibility index (Phi) is 6.25. The Bertz CT molecular complexity index is 1260. The standard InChI is InChI=1S/C26H28ClF3N6O/c1-15-4-24(32-14-31-15)35-12-17-2-3-18(13-35)22(17)8-23-33-25(37-21-6-19(27)5-20(28)7-21)36(34-23)11-16-9-26(29,30)10-16/h4-7,14,16-18,22H,2-3,8-13H2,1H3/t17-,18+,22?. The molecule has 1 aromatic carbocycles. The summed E-state index contributed by atoms with van der Waals surface area (Å²) in [4.78, 5) is 15.7. The molecule has 3 atom stereocenters. The van der Waals surface area contributed by atoms with Crippen LogP contribution in [-0.2, 0) is 13.0 Å². The molecule has 0 N–H and O–H groups in total. The Labute approximate surface area is 218 Å². The van der Waals surface area contributed by atoms with Gasteiger partial charge in [0.1, 0.15) is 23.7 Å². The topological polar surface area (TPSA) is 69.0 Å². The van der Waals surface area contributed by atoms with Gasteiger partial charge in [0.15, 0.2) is 5.82 Å². The Morgan fingerprint density at radius 1 is 1.08 bits per heavy atom. The van der Waals surface area contributed by atoms with Crippen molar-refractivity contribution >= 4 is 17.4 Å². The third kappa shape index (κ3) is 5.26. The van der Waals surface area contributed by atoms with Gasteiger partial charge >= 0.3 is 6.01 Å². The summed E-state index contributed by atoms with van der Waals surface area (Å²) in [6.45, 7) is 4.08. The molecular formula is C26H28ClF3N6O. The van der Waals surface area contributed by atoms with E-state index in [1.807, 2.05) is 13.0 Å². The number of anilines is 1. The Hall–Kier alpha value is -2.88. The summed E-state index contributed by atoms with van der Waals surface area (Å²) in [5.41, 5.74) is 0.950. The first-order valence-electron chi connectivity index (χ1n) is 12.7. The smallest absolute Gasteiger partial charge is 0.320 e. The van der Waals surface area contributed by atoms with Crippen LogP contribution in [0, 0.1) is 36.4 Å². The average Bonchev–Trinajstić information content (AvgIpc) is 3.26. The van der Waals surface area contributed by atoms with Crippen LogP contribution in [0.3, 0.4) is 0 Å². The maximum absolute atomic E-state index is 13.9. The first-order valence-corrected chi connectivity index (χ1v) is 13.1. The zero-order valence-electron chi connectivity index (χ0n) is 20.5. The van der Waals surface area contributed by atoms with E-state index >= 15 is 0 Å². The third-order valence-electron chi connectivity index (χ3n) is 7.89. The number of ether oxygens (including phenoxy) is 1. The number of aromatic nitrogens is 5. The van der Waals surface area contributed by atoms with Crippen molar-refractivity contribution in [2.24, 2.45) is 23.7 Å². The van der Waals surface area contributed by atoms with Crippen LogP contribution in [0.15, 0.2) is 30.6 Å². The van der Waals surface area contributed by atoms with Crippen molar-refractivity contribution in [3.05, 3.63) is 53.0 Å². The SMILES string of the molecule is Cc1cc(N2C[C@H]3CC[C@@H](C2)C3Cc2nc(Oc3cc(F)cc(Cl)c3)n(CC3CC(F)(F)C3)n2)ncn1. The monoisotopic (exact) mass is 532 g/mol. The number of halogens is 4. The van der Waals surface area contributed by atoms with Gasteiger partial charge in [-0.25, -0.2) is 27.8 Å². The summed E-state index contributed by atoms with van der Waals surface area (Å²) in [5, 5.41) is 4.87. The van der Waals surface area contributed by atoms with Gasteiger partial charge in [-0.2, -0.15) is 10.1 Å². The lowest BCUT2D eigenvalue weighted by Crippen LogP contribution is -2.43. The molecule has 2 saturated carbocycles. The maximum atomic E-state index is 13.9. The van der Waals surface area contributed by atoms with Gasteiger partial charge in [-0.05, 0) is 55.6 Å². The lowest BCUT2D eigenvalue weighted by atomic mass is 9.81. The fraction of sp³-hybridized carbons (Fsp3) is 0.538. The van der Waals surface area contributed by atoms with Crippen LogP contribution in [0.5, 0.6) is 11.8 Å². The van der Waals surface area contributed by atoms with Crippen molar-refractivity contribution in [1.29, 1.82) is 0 Å². The minimum Gasteiger partial charge on any atom is -0.424 e. The van der Waals surface area contributed by atoms with Gasteiger partial charge in [0.2, 0.25) is 5.92 Å². The Morgan fingerprint density at radius 3 is 2.51 bits per heavy atom. The zero-order chi connectivity index (χ0) is 25.7. The summed E-state index contributed by atoms with van der Waals surface area (Å²) >= 11 is 5.98. The van der Waals surface area contributed by atoms with E-state index in [1.54, 1.807) is 11.0 Å². The van der Waals surface area contributed by atoms with Crippen molar-refractivity contribution in [3.63, 3.8) is 0 Å². The lowest BCUT2D eigenvalue weighted by molar-refractivity contribution is -0.115. The summed E-state index contributed by atoms with van der Waals surface area (Å²) in [6.07, 6.45) is 4.20. The molecule has 3 aromatic rings. The van der Waals surface area contributed by atoms with E-state index in [0.29, 0.717) is 30.0 Å². The first kappa shape index (κ1) is 24.5. The maximum Gasteiger partial charge on any atom is 0.320 e. The van der Waals surface area contributed by atoms with E-state index in [9.17, 15) is 13.2 Å². The minimum atomic E-state index is -2.62. The van der Waals surface area contributed by atoms with Gasteiger partial charge in [0.25, 0.3) is 0 Å². The highest BCUT2D eigenvalue weighted by Gasteiger charge is 2.46. The Morgan fingerprint density at radius 2 is 1.84 bits per heavy atom. The molecule has 1 aliphatic heterocycles. The molecule has 37 heavy (non-hydrogen) atoms. The number of hydrogen-bond donors (Lipinski definition) is 0. The van der Waals surface area contributed by atoms with Crippen LogP contribution in [0.1, 0.15) is 37.2 Å². The van der Waals surface area contributed by atoms with Crippen LogP contribution < -0.4 is 9.64 Å². The number of benzene rings is 1. The lowest BCUT2D eigenvalue weighted by Gasteiger charge is -2.38. The predicted octanol–water partition coefficient (Wildman–Crippen LogP) is 5.71. The summed E-state index contributed by atoms with van der Waals surface area (Å²) in [7, 11) is 0. The molecule has 2 aromatic heterocycles. The van der Waals surface area contributed by atoms with E-state index in [1.165, 1.54) is 18.2 Å². The van der Waals surface area contributed by atoms with Crippen LogP contribution in [0.25, 0.3) is 0 Å². The quantitative estimate of drug-likeness (QED) is 0.388. The highest BCUT2D eigenvalue weighted by Crippen LogP contribution is 2.45. The van der Waals surface area contributed by atoms with E-state index in [2.05, 4.69) is 25.0 Å². The molecule has 11 heteroatoms. The fourth-order valence-corrected chi connectivity index (χ4v) is 6.40. The van der Waals surface area contributed by atoms with Crippen molar-refractivity contribution in [2.45, 2.75) is 51.5 Å². The normalized spacial score (nSPS) is 24.8. The number of fused-ring (bicyclic) bond motifs is 2. The van der Waals surface area contributed by atoms with Crippen molar-refractivity contribution in [1.82, 2.24) is 24.7 Å². The zero-order valence-corrected chi connectivity index (χ0v) is 21.2. The second-order valence-corrected chi connectivity index (χ2v) is 11.2. The van der Waals surface area contributed by atoms with Crippen molar-refractivity contribution < 1.29 is 17.9 Å². The molecule has 0 spiro atoms. The second-order valence-electron chi connectivity index (χ2n) is 10.7. The van der Waals surface area contributed by atoms with Gasteiger partial charge in [0, 0.05) is 61.7 Å². The molecule has 0 amide bonds. The molecule has 1 saturated heterocycles. The molecule has 0 radical (unpaired) electrons. The number of rotatable bonds is 7. The Balaban J connectivity index is 1.20. The number of alkyl halides is 2.